The Morgan fingerprint density at radius 3 is 2.80 bits per heavy atom. The van der Waals surface area contributed by atoms with Crippen molar-refractivity contribution in [2.45, 2.75) is 6.04 Å². The molecular formula is C11H11IN2O. The van der Waals surface area contributed by atoms with Gasteiger partial charge in [0.25, 0.3) is 0 Å². The smallest absolute Gasteiger partial charge is 0.0952 e. The second kappa shape index (κ2) is 4.76. The molecule has 1 unspecified atom stereocenters. The number of halogens is 1. The first kappa shape index (κ1) is 10.6. The van der Waals surface area contributed by atoms with Gasteiger partial charge in [0.1, 0.15) is 0 Å². The predicted octanol–water partition coefficient (Wildman–Crippen LogP) is 2.07. The van der Waals surface area contributed by atoms with Crippen LogP contribution in [-0.2, 0) is 0 Å². The molecule has 1 atom stereocenters. The van der Waals surface area contributed by atoms with E-state index in [1.807, 2.05) is 35.0 Å². The SMILES string of the molecule is OCC(c1ccccc1I)n1ccnc1. The molecule has 0 aliphatic carbocycles. The summed E-state index contributed by atoms with van der Waals surface area (Å²) in [5.41, 5.74) is 1.12. The van der Waals surface area contributed by atoms with Gasteiger partial charge in [-0.05, 0) is 34.2 Å². The highest BCUT2D eigenvalue weighted by Crippen LogP contribution is 2.22. The number of aliphatic hydroxyl groups is 1. The lowest BCUT2D eigenvalue weighted by molar-refractivity contribution is 0.249. The molecule has 4 heteroatoms. The quantitative estimate of drug-likeness (QED) is 0.881. The molecule has 1 N–H and O–H groups in total. The maximum atomic E-state index is 9.42. The molecule has 0 fully saturated rings. The summed E-state index contributed by atoms with van der Waals surface area (Å²) in [7, 11) is 0. The zero-order valence-electron chi connectivity index (χ0n) is 8.05. The summed E-state index contributed by atoms with van der Waals surface area (Å²) in [6.45, 7) is 0.0797. The minimum atomic E-state index is -0.0411. The highest BCUT2D eigenvalue weighted by atomic mass is 127. The van der Waals surface area contributed by atoms with E-state index in [1.54, 1.807) is 12.5 Å². The third kappa shape index (κ3) is 2.21. The summed E-state index contributed by atoms with van der Waals surface area (Å²) in [6.07, 6.45) is 5.31. The van der Waals surface area contributed by atoms with E-state index in [0.717, 1.165) is 9.13 Å². The lowest BCUT2D eigenvalue weighted by atomic mass is 10.1. The largest absolute Gasteiger partial charge is 0.394 e. The Balaban J connectivity index is 2.40. The van der Waals surface area contributed by atoms with E-state index < -0.39 is 0 Å². The fourth-order valence-electron chi connectivity index (χ4n) is 1.55. The van der Waals surface area contributed by atoms with Crippen molar-refractivity contribution in [3.05, 3.63) is 52.1 Å². The first-order chi connectivity index (χ1) is 7.33. The highest BCUT2D eigenvalue weighted by molar-refractivity contribution is 14.1. The van der Waals surface area contributed by atoms with E-state index in [0.29, 0.717) is 0 Å². The first-order valence-corrected chi connectivity index (χ1v) is 5.73. The topological polar surface area (TPSA) is 38.0 Å². The standard InChI is InChI=1S/C11H11IN2O/c12-10-4-2-1-3-9(10)11(7-15)14-6-5-13-8-14/h1-6,8,11,15H,7H2. The summed E-state index contributed by atoms with van der Waals surface area (Å²) >= 11 is 2.28. The van der Waals surface area contributed by atoms with Gasteiger partial charge < -0.3 is 9.67 Å². The number of rotatable bonds is 3. The highest BCUT2D eigenvalue weighted by Gasteiger charge is 2.13. The fraction of sp³-hybridized carbons (Fsp3) is 0.182. The second-order valence-electron chi connectivity index (χ2n) is 3.23. The minimum absolute atomic E-state index is 0.0411. The summed E-state index contributed by atoms with van der Waals surface area (Å²) in [5, 5.41) is 9.42. The normalized spacial score (nSPS) is 12.7. The van der Waals surface area contributed by atoms with Crippen LogP contribution in [0, 0.1) is 3.57 Å². The van der Waals surface area contributed by atoms with Crippen LogP contribution in [0.1, 0.15) is 11.6 Å². The second-order valence-corrected chi connectivity index (χ2v) is 4.39. The molecule has 0 radical (unpaired) electrons. The van der Waals surface area contributed by atoms with Gasteiger partial charge in [0.15, 0.2) is 0 Å². The van der Waals surface area contributed by atoms with Crippen LogP contribution >= 0.6 is 22.6 Å². The molecule has 3 nitrogen and oxygen atoms in total. The molecule has 1 aromatic heterocycles. The fourth-order valence-corrected chi connectivity index (χ4v) is 2.30. The Morgan fingerprint density at radius 2 is 2.20 bits per heavy atom. The third-order valence-electron chi connectivity index (χ3n) is 2.32. The van der Waals surface area contributed by atoms with E-state index in [-0.39, 0.29) is 12.6 Å². The molecule has 0 aliphatic rings. The Hall–Kier alpha value is -0.880. The molecule has 2 rings (SSSR count). The van der Waals surface area contributed by atoms with Gasteiger partial charge in [-0.1, -0.05) is 18.2 Å². The summed E-state index contributed by atoms with van der Waals surface area (Å²) in [6, 6.07) is 8.00. The van der Waals surface area contributed by atoms with Gasteiger partial charge in [-0.25, -0.2) is 4.98 Å². The maximum absolute atomic E-state index is 9.42. The predicted molar refractivity (Wildman–Crippen MR) is 66.6 cm³/mol. The number of hydrogen-bond acceptors (Lipinski definition) is 2. The molecule has 2 aromatic rings. The molecule has 0 bridgehead atoms. The van der Waals surface area contributed by atoms with Gasteiger partial charge >= 0.3 is 0 Å². The number of aromatic nitrogens is 2. The van der Waals surface area contributed by atoms with Crippen LogP contribution in [0.4, 0.5) is 0 Å². The van der Waals surface area contributed by atoms with Crippen LogP contribution in [-0.4, -0.2) is 21.3 Å². The van der Waals surface area contributed by atoms with Crippen molar-refractivity contribution < 1.29 is 5.11 Å². The Labute approximate surface area is 102 Å². The van der Waals surface area contributed by atoms with Crippen molar-refractivity contribution in [1.82, 2.24) is 9.55 Å². The van der Waals surface area contributed by atoms with Crippen LogP contribution in [0.3, 0.4) is 0 Å². The Kier molecular flexibility index (Phi) is 3.37. The molecule has 1 aromatic carbocycles. The number of imidazole rings is 1. The van der Waals surface area contributed by atoms with Gasteiger partial charge in [0.2, 0.25) is 0 Å². The van der Waals surface area contributed by atoms with Crippen molar-refractivity contribution in [2.24, 2.45) is 0 Å². The molecule has 15 heavy (non-hydrogen) atoms. The Morgan fingerprint density at radius 1 is 1.40 bits per heavy atom. The van der Waals surface area contributed by atoms with Gasteiger partial charge in [0, 0.05) is 16.0 Å². The average molecular weight is 314 g/mol. The van der Waals surface area contributed by atoms with Crippen LogP contribution in [0.5, 0.6) is 0 Å². The molecule has 0 saturated carbocycles. The first-order valence-electron chi connectivity index (χ1n) is 4.65. The van der Waals surface area contributed by atoms with Gasteiger partial charge in [0.05, 0.1) is 19.0 Å². The number of benzene rings is 1. The van der Waals surface area contributed by atoms with E-state index in [4.69, 9.17) is 0 Å². The molecule has 0 amide bonds. The molecule has 78 valence electrons. The van der Waals surface area contributed by atoms with E-state index in [2.05, 4.69) is 27.6 Å². The number of hydrogen-bond donors (Lipinski definition) is 1. The summed E-state index contributed by atoms with van der Waals surface area (Å²) in [5.74, 6) is 0. The number of nitrogens with zero attached hydrogens (tertiary/aromatic N) is 2. The van der Waals surface area contributed by atoms with E-state index in [9.17, 15) is 5.11 Å². The lowest BCUT2D eigenvalue weighted by Crippen LogP contribution is -2.14. The van der Waals surface area contributed by atoms with Crippen molar-refractivity contribution in [1.29, 1.82) is 0 Å². The van der Waals surface area contributed by atoms with Crippen molar-refractivity contribution in [3.8, 4) is 0 Å². The maximum Gasteiger partial charge on any atom is 0.0952 e. The van der Waals surface area contributed by atoms with Crippen molar-refractivity contribution >= 4 is 22.6 Å². The molecular weight excluding hydrogens is 303 g/mol. The molecule has 0 saturated heterocycles. The van der Waals surface area contributed by atoms with Crippen LogP contribution in [0.2, 0.25) is 0 Å². The van der Waals surface area contributed by atoms with Crippen molar-refractivity contribution in [3.63, 3.8) is 0 Å². The lowest BCUT2D eigenvalue weighted by Gasteiger charge is -2.17. The van der Waals surface area contributed by atoms with Gasteiger partial charge in [-0.2, -0.15) is 0 Å². The van der Waals surface area contributed by atoms with Crippen LogP contribution < -0.4 is 0 Å². The summed E-state index contributed by atoms with van der Waals surface area (Å²) in [4.78, 5) is 4.00. The number of aliphatic hydroxyl groups excluding tert-OH is 1. The van der Waals surface area contributed by atoms with Crippen molar-refractivity contribution in [2.75, 3.05) is 6.61 Å². The monoisotopic (exact) mass is 314 g/mol. The molecule has 0 aliphatic heterocycles. The van der Waals surface area contributed by atoms with E-state index in [1.165, 1.54) is 0 Å². The van der Waals surface area contributed by atoms with Crippen LogP contribution in [0.25, 0.3) is 0 Å². The summed E-state index contributed by atoms with van der Waals surface area (Å²) < 4.78 is 3.07. The average Bonchev–Trinajstić information content (AvgIpc) is 2.75. The third-order valence-corrected chi connectivity index (χ3v) is 3.30. The van der Waals surface area contributed by atoms with Crippen LogP contribution in [0.15, 0.2) is 43.0 Å². The van der Waals surface area contributed by atoms with Gasteiger partial charge in [-0.15, -0.1) is 0 Å². The van der Waals surface area contributed by atoms with Gasteiger partial charge in [-0.3, -0.25) is 0 Å². The molecule has 0 spiro atoms. The zero-order valence-corrected chi connectivity index (χ0v) is 10.2. The zero-order chi connectivity index (χ0) is 10.7. The molecule has 1 heterocycles. The Bertz CT molecular complexity index is 428. The van der Waals surface area contributed by atoms with E-state index >= 15 is 0 Å². The minimum Gasteiger partial charge on any atom is -0.394 e.